The molecule has 1 fully saturated rings. The second kappa shape index (κ2) is 7.09. The zero-order valence-corrected chi connectivity index (χ0v) is 18.5. The number of phenolic OH excluding ortho intramolecular Hbond substituents is 1. The number of aromatic nitrogens is 5. The van der Waals surface area contributed by atoms with Crippen molar-refractivity contribution >= 4 is 5.82 Å². The molecule has 0 unspecified atom stereocenters. The molecular weight excluding hydrogens is 409 g/mol. The number of hydrogen-bond donors (Lipinski definition) is 1. The van der Waals surface area contributed by atoms with Crippen molar-refractivity contribution in [3.63, 3.8) is 0 Å². The van der Waals surface area contributed by atoms with Crippen LogP contribution in [0.2, 0.25) is 0 Å². The van der Waals surface area contributed by atoms with Gasteiger partial charge in [-0.25, -0.2) is 4.39 Å². The average molecular weight is 436 g/mol. The third-order valence-corrected chi connectivity index (χ3v) is 7.27. The fourth-order valence-electron chi connectivity index (χ4n) is 4.91. The molecule has 4 atom stereocenters. The monoisotopic (exact) mass is 435 g/mol. The number of alkyl halides is 1. The number of nitrogens with zero attached hydrogens (tertiary/aromatic N) is 7. The molecule has 166 valence electrons. The fraction of sp³-hybridized carbons (Fsp3) is 0.391. The molecule has 2 aliphatic heterocycles. The summed E-state index contributed by atoms with van der Waals surface area (Å²) in [6, 6.07) is 8.53. The van der Waals surface area contributed by atoms with Crippen molar-refractivity contribution in [1.82, 2.24) is 29.9 Å². The summed E-state index contributed by atoms with van der Waals surface area (Å²) in [4.78, 5) is 4.00. The van der Waals surface area contributed by atoms with Crippen LogP contribution in [0.1, 0.15) is 20.3 Å². The third-order valence-electron chi connectivity index (χ3n) is 7.27. The predicted molar refractivity (Wildman–Crippen MR) is 119 cm³/mol. The van der Waals surface area contributed by atoms with Gasteiger partial charge in [-0.3, -0.25) is 9.47 Å². The largest absolute Gasteiger partial charge is 0.507 e. The van der Waals surface area contributed by atoms with Gasteiger partial charge < -0.3 is 10.0 Å². The van der Waals surface area contributed by atoms with E-state index in [0.717, 1.165) is 5.69 Å². The highest BCUT2D eigenvalue weighted by molar-refractivity contribution is 5.69. The molecule has 1 aromatic carbocycles. The number of hydrogen-bond acceptors (Lipinski definition) is 7. The van der Waals surface area contributed by atoms with Crippen molar-refractivity contribution in [3.8, 4) is 22.7 Å². The summed E-state index contributed by atoms with van der Waals surface area (Å²) in [5, 5.41) is 26.7. The summed E-state index contributed by atoms with van der Waals surface area (Å²) in [7, 11) is 3.85. The molecule has 2 aliphatic rings. The summed E-state index contributed by atoms with van der Waals surface area (Å²) in [5.41, 5.74) is 1.01. The molecule has 1 saturated heterocycles. The molecule has 9 heteroatoms. The van der Waals surface area contributed by atoms with Crippen LogP contribution >= 0.6 is 0 Å². The Bertz CT molecular complexity index is 1170. The van der Waals surface area contributed by atoms with E-state index in [0.29, 0.717) is 23.5 Å². The van der Waals surface area contributed by atoms with Crippen LogP contribution in [0.3, 0.4) is 0 Å². The first-order chi connectivity index (χ1) is 15.2. The molecule has 32 heavy (non-hydrogen) atoms. The van der Waals surface area contributed by atoms with E-state index in [1.54, 1.807) is 35.4 Å². The Morgan fingerprint density at radius 2 is 1.84 bits per heavy atom. The van der Waals surface area contributed by atoms with E-state index in [1.807, 2.05) is 44.1 Å². The van der Waals surface area contributed by atoms with E-state index in [2.05, 4.69) is 38.3 Å². The molecule has 2 bridgehead atoms. The first-order valence-corrected chi connectivity index (χ1v) is 10.6. The van der Waals surface area contributed by atoms with Crippen molar-refractivity contribution < 1.29 is 9.50 Å². The van der Waals surface area contributed by atoms with Gasteiger partial charge >= 0.3 is 0 Å². The van der Waals surface area contributed by atoms with Crippen molar-refractivity contribution in [3.05, 3.63) is 55.1 Å². The average Bonchev–Trinajstić information content (AvgIpc) is 3.39. The van der Waals surface area contributed by atoms with E-state index in [1.165, 1.54) is 0 Å². The maximum Gasteiger partial charge on any atom is 0.151 e. The smallest absolute Gasteiger partial charge is 0.151 e. The summed E-state index contributed by atoms with van der Waals surface area (Å²) < 4.78 is 17.3. The second-order valence-electron chi connectivity index (χ2n) is 9.11. The number of anilines is 1. The van der Waals surface area contributed by atoms with Crippen LogP contribution in [0.15, 0.2) is 55.1 Å². The molecule has 0 radical (unpaired) electrons. The van der Waals surface area contributed by atoms with Crippen molar-refractivity contribution in [2.75, 3.05) is 19.0 Å². The lowest BCUT2D eigenvalue weighted by Crippen LogP contribution is -2.66. The lowest BCUT2D eigenvalue weighted by Gasteiger charge is -2.53. The number of likely N-dealkylation sites (N-methyl/N-ethyl adjacent to an activating group) is 1. The van der Waals surface area contributed by atoms with Gasteiger partial charge in [-0.05, 0) is 51.6 Å². The minimum absolute atomic E-state index is 0.0780. The Kier molecular flexibility index (Phi) is 4.56. The lowest BCUT2D eigenvalue weighted by molar-refractivity contribution is -0.0216. The van der Waals surface area contributed by atoms with E-state index in [-0.39, 0.29) is 17.3 Å². The summed E-state index contributed by atoms with van der Waals surface area (Å²) in [6.07, 6.45) is 6.81. The van der Waals surface area contributed by atoms with Crippen LogP contribution in [0, 0.1) is 0 Å². The maximum atomic E-state index is 15.6. The molecule has 5 rings (SSSR count). The van der Waals surface area contributed by atoms with Gasteiger partial charge in [0.05, 0.1) is 23.0 Å². The lowest BCUT2D eigenvalue weighted by atomic mass is 9.79. The van der Waals surface area contributed by atoms with Crippen molar-refractivity contribution in [2.24, 2.45) is 0 Å². The molecule has 0 aliphatic carbocycles. The highest BCUT2D eigenvalue weighted by atomic mass is 19.1. The minimum atomic E-state index is -1.07. The Morgan fingerprint density at radius 3 is 2.50 bits per heavy atom. The van der Waals surface area contributed by atoms with E-state index >= 15 is 4.39 Å². The van der Waals surface area contributed by atoms with Gasteiger partial charge in [0.15, 0.2) is 5.82 Å². The summed E-state index contributed by atoms with van der Waals surface area (Å²) in [6.45, 7) is 4.09. The third kappa shape index (κ3) is 2.99. The fourth-order valence-corrected chi connectivity index (χ4v) is 4.91. The number of phenols is 1. The normalized spacial score (nSPS) is 29.4. The van der Waals surface area contributed by atoms with Crippen LogP contribution in [-0.2, 0) is 0 Å². The Labute approximate surface area is 186 Å². The number of benzene rings is 1. The van der Waals surface area contributed by atoms with Gasteiger partial charge in [-0.1, -0.05) is 12.2 Å². The molecule has 4 heterocycles. The van der Waals surface area contributed by atoms with Crippen LogP contribution in [0.25, 0.3) is 16.9 Å². The van der Waals surface area contributed by atoms with Crippen LogP contribution in [-0.4, -0.2) is 72.4 Å². The maximum absolute atomic E-state index is 15.6. The molecule has 2 aromatic heterocycles. The predicted octanol–water partition coefficient (Wildman–Crippen LogP) is 3.00. The van der Waals surface area contributed by atoms with E-state index < -0.39 is 11.7 Å². The highest BCUT2D eigenvalue weighted by Gasteiger charge is 2.57. The van der Waals surface area contributed by atoms with Gasteiger partial charge in [0.25, 0.3) is 0 Å². The molecule has 0 amide bonds. The Morgan fingerprint density at radius 1 is 1.09 bits per heavy atom. The zero-order valence-electron chi connectivity index (χ0n) is 18.5. The minimum Gasteiger partial charge on any atom is -0.507 e. The highest BCUT2D eigenvalue weighted by Crippen LogP contribution is 2.47. The standard InChI is InChI=1S/C23H26FN7O/c1-22-9-10-23(2,30(22)4)21(24)18(12-22)29(3)20-8-7-17(27-28-20)16-6-5-15(11-19(16)32)31-13-25-26-14-31/h5-11,13-14,18,21,32H,12H2,1-4H3/t18-,21-,22-,23+/m0/s1. The number of rotatable bonds is 4. The Hall–Kier alpha value is -3.33. The van der Waals surface area contributed by atoms with Gasteiger partial charge in [0.2, 0.25) is 0 Å². The molecule has 1 N–H and O–H groups in total. The molecular formula is C23H26FN7O. The zero-order chi connectivity index (χ0) is 22.7. The molecule has 0 saturated carbocycles. The van der Waals surface area contributed by atoms with E-state index in [4.69, 9.17) is 0 Å². The molecule has 0 spiro atoms. The SMILES string of the molecule is CN(c1ccc(-c2ccc(-n3cnnc3)cc2O)nn1)[C@H]1C[C@]2(C)C=C[C@](C)([C@H]1F)N2C. The first kappa shape index (κ1) is 20.6. The van der Waals surface area contributed by atoms with Gasteiger partial charge in [-0.15, -0.1) is 20.4 Å². The van der Waals surface area contributed by atoms with E-state index in [9.17, 15) is 5.11 Å². The van der Waals surface area contributed by atoms with Crippen LogP contribution < -0.4 is 4.90 Å². The summed E-state index contributed by atoms with van der Waals surface area (Å²) >= 11 is 0. The van der Waals surface area contributed by atoms with Gasteiger partial charge in [0.1, 0.15) is 24.6 Å². The van der Waals surface area contributed by atoms with Crippen LogP contribution in [0.5, 0.6) is 5.75 Å². The topological polar surface area (TPSA) is 83.2 Å². The number of fused-ring (bicyclic) bond motifs is 2. The molecule has 3 aromatic rings. The Balaban J connectivity index is 1.38. The van der Waals surface area contributed by atoms with Gasteiger partial charge in [-0.2, -0.15) is 0 Å². The van der Waals surface area contributed by atoms with Crippen molar-refractivity contribution in [1.29, 1.82) is 0 Å². The summed E-state index contributed by atoms with van der Waals surface area (Å²) in [5.74, 6) is 0.674. The van der Waals surface area contributed by atoms with Crippen LogP contribution in [0.4, 0.5) is 10.2 Å². The first-order valence-electron chi connectivity index (χ1n) is 10.6. The quantitative estimate of drug-likeness (QED) is 0.631. The number of piperidine rings is 1. The number of halogens is 1. The number of aromatic hydroxyl groups is 1. The molecule has 8 nitrogen and oxygen atoms in total. The van der Waals surface area contributed by atoms with Crippen molar-refractivity contribution in [2.45, 2.75) is 43.6 Å². The van der Waals surface area contributed by atoms with Gasteiger partial charge in [0, 0.05) is 24.2 Å². The second-order valence-corrected chi connectivity index (χ2v) is 9.11.